The molecule has 3 heteroatoms. The Balaban J connectivity index is 3.80. The van der Waals surface area contributed by atoms with Gasteiger partial charge in [0.2, 0.25) is 5.91 Å². The lowest BCUT2D eigenvalue weighted by molar-refractivity contribution is -0.121. The molecule has 2 N–H and O–H groups in total. The van der Waals surface area contributed by atoms with E-state index in [1.807, 2.05) is 6.92 Å². The molecule has 0 aliphatic rings. The minimum atomic E-state index is 0.0901. The third kappa shape index (κ3) is 7.37. The lowest BCUT2D eigenvalue weighted by Gasteiger charge is -2.27. The van der Waals surface area contributed by atoms with Crippen molar-refractivity contribution in [3.8, 4) is 0 Å². The van der Waals surface area contributed by atoms with Crippen molar-refractivity contribution in [3.05, 3.63) is 0 Å². The van der Waals surface area contributed by atoms with Crippen LogP contribution < -0.4 is 10.6 Å². The Morgan fingerprint density at radius 2 is 1.65 bits per heavy atom. The van der Waals surface area contributed by atoms with Crippen molar-refractivity contribution in [3.63, 3.8) is 0 Å². The summed E-state index contributed by atoms with van der Waals surface area (Å²) >= 11 is 0. The summed E-state index contributed by atoms with van der Waals surface area (Å²) < 4.78 is 0. The quantitative estimate of drug-likeness (QED) is 0.751. The van der Waals surface area contributed by atoms with E-state index in [0.717, 1.165) is 6.54 Å². The van der Waals surface area contributed by atoms with Crippen LogP contribution in [-0.4, -0.2) is 25.0 Å². The van der Waals surface area contributed by atoms with E-state index in [-0.39, 0.29) is 17.4 Å². The predicted molar refractivity (Wildman–Crippen MR) is 73.9 cm³/mol. The third-order valence-electron chi connectivity index (χ3n) is 3.60. The maximum Gasteiger partial charge on any atom is 0.234 e. The standard InChI is InChI=1S/C14H30N2O/c1-10(2)12(4)16-13(17)9-15-8-11(3)14(5,6)7/h10-12,15H,8-9H2,1-7H3,(H,16,17). The van der Waals surface area contributed by atoms with Crippen LogP contribution in [0.5, 0.6) is 0 Å². The molecule has 0 rings (SSSR count). The van der Waals surface area contributed by atoms with E-state index in [9.17, 15) is 4.79 Å². The second-order valence-corrected chi connectivity index (χ2v) is 6.50. The molecule has 2 atom stereocenters. The Bertz CT molecular complexity index is 231. The fourth-order valence-electron chi connectivity index (χ4n) is 1.18. The van der Waals surface area contributed by atoms with Crippen molar-refractivity contribution in [1.82, 2.24) is 10.6 Å². The zero-order valence-electron chi connectivity index (χ0n) is 12.6. The maximum atomic E-state index is 11.6. The van der Waals surface area contributed by atoms with E-state index in [2.05, 4.69) is 52.2 Å². The molecule has 0 aliphatic carbocycles. The molecule has 0 fully saturated rings. The van der Waals surface area contributed by atoms with Gasteiger partial charge in [-0.1, -0.05) is 41.5 Å². The molecular weight excluding hydrogens is 212 g/mol. The first-order valence-corrected chi connectivity index (χ1v) is 6.64. The number of nitrogens with one attached hydrogen (secondary N) is 2. The zero-order valence-corrected chi connectivity index (χ0v) is 12.6. The first-order chi connectivity index (χ1) is 7.64. The Morgan fingerprint density at radius 3 is 2.06 bits per heavy atom. The van der Waals surface area contributed by atoms with Gasteiger partial charge in [-0.15, -0.1) is 0 Å². The van der Waals surface area contributed by atoms with Crippen LogP contribution in [0.2, 0.25) is 0 Å². The Hall–Kier alpha value is -0.570. The Kier molecular flexibility index (Phi) is 6.76. The molecule has 2 unspecified atom stereocenters. The van der Waals surface area contributed by atoms with Crippen molar-refractivity contribution in [2.24, 2.45) is 17.3 Å². The molecule has 0 spiro atoms. The Labute approximate surface area is 107 Å². The molecule has 102 valence electrons. The zero-order chi connectivity index (χ0) is 13.6. The molecule has 0 heterocycles. The van der Waals surface area contributed by atoms with Crippen molar-refractivity contribution < 1.29 is 4.79 Å². The van der Waals surface area contributed by atoms with Crippen molar-refractivity contribution in [2.45, 2.75) is 54.5 Å². The molecule has 0 aromatic heterocycles. The molecule has 0 aromatic rings. The number of hydrogen-bond acceptors (Lipinski definition) is 2. The summed E-state index contributed by atoms with van der Waals surface area (Å²) in [4.78, 5) is 11.6. The van der Waals surface area contributed by atoms with Crippen LogP contribution in [0.1, 0.15) is 48.5 Å². The van der Waals surface area contributed by atoms with Crippen molar-refractivity contribution in [2.75, 3.05) is 13.1 Å². The summed E-state index contributed by atoms with van der Waals surface area (Å²) in [5.41, 5.74) is 0.286. The summed E-state index contributed by atoms with van der Waals surface area (Å²) in [5, 5.41) is 6.21. The van der Waals surface area contributed by atoms with Gasteiger partial charge in [-0.2, -0.15) is 0 Å². The molecule has 0 radical (unpaired) electrons. The van der Waals surface area contributed by atoms with Crippen LogP contribution >= 0.6 is 0 Å². The second kappa shape index (κ2) is 7.00. The van der Waals surface area contributed by atoms with E-state index in [1.165, 1.54) is 0 Å². The van der Waals surface area contributed by atoms with Crippen molar-refractivity contribution >= 4 is 5.91 Å². The smallest absolute Gasteiger partial charge is 0.234 e. The Morgan fingerprint density at radius 1 is 1.12 bits per heavy atom. The van der Waals surface area contributed by atoms with Gasteiger partial charge in [0.15, 0.2) is 0 Å². The lowest BCUT2D eigenvalue weighted by atomic mass is 9.82. The third-order valence-corrected chi connectivity index (χ3v) is 3.60. The van der Waals surface area contributed by atoms with Gasteiger partial charge in [0.05, 0.1) is 6.54 Å². The van der Waals surface area contributed by atoms with Gasteiger partial charge in [-0.05, 0) is 30.7 Å². The highest BCUT2D eigenvalue weighted by atomic mass is 16.1. The molecule has 3 nitrogen and oxygen atoms in total. The van der Waals surface area contributed by atoms with Crippen LogP contribution in [0.4, 0.5) is 0 Å². The summed E-state index contributed by atoms with van der Waals surface area (Å²) in [6.45, 7) is 16.4. The number of rotatable bonds is 6. The number of carbonyl (C=O) groups is 1. The van der Waals surface area contributed by atoms with Crippen molar-refractivity contribution in [1.29, 1.82) is 0 Å². The average molecular weight is 242 g/mol. The topological polar surface area (TPSA) is 41.1 Å². The SMILES string of the molecule is CC(C)C(C)NC(=O)CNCC(C)C(C)(C)C. The fraction of sp³-hybridized carbons (Fsp3) is 0.929. The highest BCUT2D eigenvalue weighted by molar-refractivity contribution is 5.78. The normalized spacial score (nSPS) is 15.8. The van der Waals surface area contributed by atoms with E-state index >= 15 is 0 Å². The highest BCUT2D eigenvalue weighted by Gasteiger charge is 2.19. The van der Waals surface area contributed by atoms with Crippen LogP contribution in [-0.2, 0) is 4.79 Å². The van der Waals surface area contributed by atoms with Gasteiger partial charge in [-0.25, -0.2) is 0 Å². The molecule has 17 heavy (non-hydrogen) atoms. The van der Waals surface area contributed by atoms with Crippen LogP contribution in [0, 0.1) is 17.3 Å². The van der Waals surface area contributed by atoms with Gasteiger partial charge < -0.3 is 10.6 Å². The molecule has 0 saturated heterocycles. The van der Waals surface area contributed by atoms with Gasteiger partial charge in [0, 0.05) is 6.04 Å². The van der Waals surface area contributed by atoms with Gasteiger partial charge >= 0.3 is 0 Å². The van der Waals surface area contributed by atoms with E-state index < -0.39 is 0 Å². The molecule has 0 saturated carbocycles. The summed E-state index contributed by atoms with van der Waals surface area (Å²) in [7, 11) is 0. The molecular formula is C14H30N2O. The monoisotopic (exact) mass is 242 g/mol. The predicted octanol–water partition coefficient (Wildman–Crippen LogP) is 2.42. The minimum absolute atomic E-state index is 0.0901. The molecule has 0 bridgehead atoms. The van der Waals surface area contributed by atoms with E-state index in [1.54, 1.807) is 0 Å². The average Bonchev–Trinajstić information content (AvgIpc) is 2.15. The minimum Gasteiger partial charge on any atom is -0.352 e. The summed E-state index contributed by atoms with van der Waals surface area (Å²) in [6.07, 6.45) is 0. The number of hydrogen-bond donors (Lipinski definition) is 2. The van der Waals surface area contributed by atoms with Gasteiger partial charge in [0.1, 0.15) is 0 Å². The van der Waals surface area contributed by atoms with E-state index in [4.69, 9.17) is 0 Å². The first kappa shape index (κ1) is 16.4. The molecule has 0 aromatic carbocycles. The number of amides is 1. The van der Waals surface area contributed by atoms with E-state index in [0.29, 0.717) is 18.4 Å². The summed E-state index contributed by atoms with van der Waals surface area (Å²) in [5.74, 6) is 1.12. The summed E-state index contributed by atoms with van der Waals surface area (Å²) in [6, 6.07) is 0.240. The van der Waals surface area contributed by atoms with Crippen LogP contribution in [0.3, 0.4) is 0 Å². The fourth-order valence-corrected chi connectivity index (χ4v) is 1.18. The molecule has 0 aliphatic heterocycles. The van der Waals surface area contributed by atoms with Crippen LogP contribution in [0.15, 0.2) is 0 Å². The van der Waals surface area contributed by atoms with Gasteiger partial charge in [-0.3, -0.25) is 4.79 Å². The molecule has 1 amide bonds. The second-order valence-electron chi connectivity index (χ2n) is 6.50. The first-order valence-electron chi connectivity index (χ1n) is 6.64. The largest absolute Gasteiger partial charge is 0.352 e. The van der Waals surface area contributed by atoms with Gasteiger partial charge in [0.25, 0.3) is 0 Å². The highest BCUT2D eigenvalue weighted by Crippen LogP contribution is 2.24. The number of carbonyl (C=O) groups excluding carboxylic acids is 1. The maximum absolute atomic E-state index is 11.6. The van der Waals surface area contributed by atoms with Crippen LogP contribution in [0.25, 0.3) is 0 Å². The lowest BCUT2D eigenvalue weighted by Crippen LogP contribution is -2.42.